The monoisotopic (exact) mass is 233 g/mol. The van der Waals surface area contributed by atoms with Crippen LogP contribution < -0.4 is 9.47 Å². The van der Waals surface area contributed by atoms with Crippen molar-refractivity contribution in [2.75, 3.05) is 7.11 Å². The molecule has 5 nitrogen and oxygen atoms in total. The van der Waals surface area contributed by atoms with Crippen LogP contribution in [0, 0.1) is 0 Å². The van der Waals surface area contributed by atoms with Gasteiger partial charge < -0.3 is 14.0 Å². The summed E-state index contributed by atoms with van der Waals surface area (Å²) in [4.78, 5) is 10.7. The van der Waals surface area contributed by atoms with Crippen molar-refractivity contribution in [3.8, 4) is 11.5 Å². The van der Waals surface area contributed by atoms with E-state index in [4.69, 9.17) is 9.47 Å². The predicted molar refractivity (Wildman–Crippen MR) is 59.2 cm³/mol. The van der Waals surface area contributed by atoms with Gasteiger partial charge in [-0.2, -0.15) is 0 Å². The number of hydrogen-bond donors (Lipinski definition) is 0. The van der Waals surface area contributed by atoms with Crippen LogP contribution in [0.25, 0.3) is 0 Å². The number of ether oxygens (including phenoxy) is 2. The Balaban J connectivity index is 2.15. The van der Waals surface area contributed by atoms with Gasteiger partial charge in [-0.05, 0) is 18.2 Å². The molecular weight excluding hydrogens is 222 g/mol. The summed E-state index contributed by atoms with van der Waals surface area (Å²) in [6.45, 7) is 0.259. The molecule has 88 valence electrons. The fraction of sp³-hybridized carbons (Fsp3) is 0.167. The first-order valence-corrected chi connectivity index (χ1v) is 4.99. The third-order valence-corrected chi connectivity index (χ3v) is 2.19. The minimum Gasteiger partial charge on any atom is -0.493 e. The summed E-state index contributed by atoms with van der Waals surface area (Å²) >= 11 is 0. The first-order valence-electron chi connectivity index (χ1n) is 4.99. The van der Waals surface area contributed by atoms with Crippen molar-refractivity contribution in [3.05, 3.63) is 41.8 Å². The van der Waals surface area contributed by atoms with Crippen molar-refractivity contribution in [1.29, 1.82) is 0 Å². The van der Waals surface area contributed by atoms with Gasteiger partial charge in [-0.3, -0.25) is 4.79 Å². The quantitative estimate of drug-likeness (QED) is 0.740. The molecule has 0 fully saturated rings. The highest BCUT2D eigenvalue weighted by atomic mass is 16.5. The number of benzene rings is 1. The molecular formula is C12H11NO4. The Morgan fingerprint density at radius 1 is 1.35 bits per heavy atom. The number of aromatic nitrogens is 1. The highest BCUT2D eigenvalue weighted by Crippen LogP contribution is 2.28. The lowest BCUT2D eigenvalue weighted by Crippen LogP contribution is -1.98. The van der Waals surface area contributed by atoms with Crippen LogP contribution >= 0.6 is 0 Å². The Bertz CT molecular complexity index is 493. The molecule has 2 rings (SSSR count). The smallest absolute Gasteiger partial charge is 0.162 e. The van der Waals surface area contributed by atoms with Crippen LogP contribution in [0.5, 0.6) is 11.5 Å². The Kier molecular flexibility index (Phi) is 3.40. The number of nitrogens with zero attached hydrogens (tertiary/aromatic N) is 1. The van der Waals surface area contributed by atoms with E-state index in [0.29, 0.717) is 22.8 Å². The normalized spacial score (nSPS) is 9.94. The third-order valence-electron chi connectivity index (χ3n) is 2.19. The molecule has 0 atom stereocenters. The molecule has 1 aromatic heterocycles. The first-order chi connectivity index (χ1) is 8.33. The fourth-order valence-corrected chi connectivity index (χ4v) is 1.34. The number of aldehydes is 1. The van der Waals surface area contributed by atoms with Crippen LogP contribution in [0.4, 0.5) is 0 Å². The maximum absolute atomic E-state index is 10.7. The Labute approximate surface area is 97.9 Å². The minimum atomic E-state index is 0.259. The largest absolute Gasteiger partial charge is 0.493 e. The fourth-order valence-electron chi connectivity index (χ4n) is 1.34. The summed E-state index contributed by atoms with van der Waals surface area (Å²) in [7, 11) is 1.54. The average Bonchev–Trinajstić information content (AvgIpc) is 2.89. The molecule has 1 heterocycles. The molecule has 0 aliphatic heterocycles. The topological polar surface area (TPSA) is 61.6 Å². The molecule has 0 amide bonds. The van der Waals surface area contributed by atoms with E-state index in [9.17, 15) is 4.79 Å². The second kappa shape index (κ2) is 5.16. The number of methoxy groups -OCH3 is 1. The standard InChI is InChI=1S/C12H11NO4/c1-15-11-3-2-9(7-14)6-12(11)16-8-10-4-5-17-13-10/h2-7H,8H2,1H3. The minimum absolute atomic E-state index is 0.259. The highest BCUT2D eigenvalue weighted by Gasteiger charge is 2.06. The predicted octanol–water partition coefficient (Wildman–Crippen LogP) is 2.07. The van der Waals surface area contributed by atoms with E-state index in [0.717, 1.165) is 6.29 Å². The van der Waals surface area contributed by atoms with Crippen molar-refractivity contribution in [2.45, 2.75) is 6.61 Å². The summed E-state index contributed by atoms with van der Waals surface area (Å²) in [5.41, 5.74) is 1.20. The Hall–Kier alpha value is -2.30. The summed E-state index contributed by atoms with van der Waals surface area (Å²) in [6, 6.07) is 6.67. The summed E-state index contributed by atoms with van der Waals surface area (Å²) in [5.74, 6) is 1.07. The number of rotatable bonds is 5. The number of carbonyl (C=O) groups is 1. The van der Waals surface area contributed by atoms with Gasteiger partial charge in [-0.1, -0.05) is 5.16 Å². The zero-order valence-corrected chi connectivity index (χ0v) is 9.25. The van der Waals surface area contributed by atoms with Crippen LogP contribution in [0.15, 0.2) is 35.1 Å². The lowest BCUT2D eigenvalue weighted by atomic mass is 10.2. The summed E-state index contributed by atoms with van der Waals surface area (Å²) < 4.78 is 15.3. The van der Waals surface area contributed by atoms with E-state index < -0.39 is 0 Å². The lowest BCUT2D eigenvalue weighted by Gasteiger charge is -2.09. The zero-order chi connectivity index (χ0) is 12.1. The third kappa shape index (κ3) is 2.63. The van der Waals surface area contributed by atoms with E-state index in [1.807, 2.05) is 0 Å². The Morgan fingerprint density at radius 3 is 2.88 bits per heavy atom. The van der Waals surface area contributed by atoms with Crippen molar-refractivity contribution >= 4 is 6.29 Å². The van der Waals surface area contributed by atoms with Crippen molar-refractivity contribution < 1.29 is 18.8 Å². The molecule has 0 saturated carbocycles. The van der Waals surface area contributed by atoms with Crippen LogP contribution in [-0.4, -0.2) is 18.6 Å². The molecule has 1 aromatic carbocycles. The number of carbonyl (C=O) groups excluding carboxylic acids is 1. The molecule has 17 heavy (non-hydrogen) atoms. The second-order valence-corrected chi connectivity index (χ2v) is 3.31. The van der Waals surface area contributed by atoms with Gasteiger partial charge in [0.25, 0.3) is 0 Å². The van der Waals surface area contributed by atoms with Gasteiger partial charge in [0, 0.05) is 11.6 Å². The molecule has 0 aliphatic carbocycles. The van der Waals surface area contributed by atoms with Crippen LogP contribution in [-0.2, 0) is 6.61 Å². The highest BCUT2D eigenvalue weighted by molar-refractivity contribution is 5.76. The van der Waals surface area contributed by atoms with E-state index in [1.54, 1.807) is 31.4 Å². The van der Waals surface area contributed by atoms with Crippen molar-refractivity contribution in [2.24, 2.45) is 0 Å². The number of hydrogen-bond acceptors (Lipinski definition) is 5. The zero-order valence-electron chi connectivity index (χ0n) is 9.25. The van der Waals surface area contributed by atoms with E-state index in [1.165, 1.54) is 6.26 Å². The maximum Gasteiger partial charge on any atom is 0.162 e. The average molecular weight is 233 g/mol. The van der Waals surface area contributed by atoms with Gasteiger partial charge in [-0.15, -0.1) is 0 Å². The van der Waals surface area contributed by atoms with Crippen LogP contribution in [0.3, 0.4) is 0 Å². The van der Waals surface area contributed by atoms with Crippen molar-refractivity contribution in [3.63, 3.8) is 0 Å². The van der Waals surface area contributed by atoms with Gasteiger partial charge in [0.05, 0.1) is 7.11 Å². The van der Waals surface area contributed by atoms with Crippen LogP contribution in [0.2, 0.25) is 0 Å². The molecule has 0 saturated heterocycles. The van der Waals surface area contributed by atoms with Crippen LogP contribution in [0.1, 0.15) is 16.1 Å². The maximum atomic E-state index is 10.7. The van der Waals surface area contributed by atoms with Gasteiger partial charge in [-0.25, -0.2) is 0 Å². The first kappa shape index (κ1) is 11.2. The molecule has 0 spiro atoms. The second-order valence-electron chi connectivity index (χ2n) is 3.31. The van der Waals surface area contributed by atoms with E-state index in [2.05, 4.69) is 9.68 Å². The van der Waals surface area contributed by atoms with Gasteiger partial charge >= 0.3 is 0 Å². The SMILES string of the molecule is COc1ccc(C=O)cc1OCc1ccon1. The van der Waals surface area contributed by atoms with E-state index >= 15 is 0 Å². The molecule has 0 radical (unpaired) electrons. The molecule has 0 unspecified atom stereocenters. The molecule has 0 N–H and O–H groups in total. The molecule has 0 bridgehead atoms. The summed E-state index contributed by atoms with van der Waals surface area (Å²) in [5, 5.41) is 3.72. The lowest BCUT2D eigenvalue weighted by molar-refractivity contribution is 0.112. The Morgan fingerprint density at radius 2 is 2.24 bits per heavy atom. The molecule has 2 aromatic rings. The van der Waals surface area contributed by atoms with Gasteiger partial charge in [0.15, 0.2) is 11.5 Å². The molecule has 0 aliphatic rings. The van der Waals surface area contributed by atoms with Gasteiger partial charge in [0.1, 0.15) is 24.9 Å². The van der Waals surface area contributed by atoms with Gasteiger partial charge in [0.2, 0.25) is 0 Å². The van der Waals surface area contributed by atoms with Crippen molar-refractivity contribution in [1.82, 2.24) is 5.16 Å². The van der Waals surface area contributed by atoms with E-state index in [-0.39, 0.29) is 6.61 Å². The summed E-state index contributed by atoms with van der Waals surface area (Å²) in [6.07, 6.45) is 2.22. The molecule has 5 heteroatoms.